The van der Waals surface area contributed by atoms with Crippen molar-refractivity contribution in [3.63, 3.8) is 0 Å². The van der Waals surface area contributed by atoms with Gasteiger partial charge in [-0.3, -0.25) is 4.90 Å². The molecule has 0 fully saturated rings. The number of hydrogen-bond acceptors (Lipinski definition) is 5. The second-order valence-electron chi connectivity index (χ2n) is 6.95. The van der Waals surface area contributed by atoms with E-state index in [4.69, 9.17) is 9.97 Å². The summed E-state index contributed by atoms with van der Waals surface area (Å²) in [4.78, 5) is 16.3. The molecule has 4 rings (SSSR count). The number of nitrogens with zero attached hydrogens (tertiary/aromatic N) is 4. The molecule has 6 heteroatoms. The standard InChI is InChI=1S/C20H21FN4S/c1-13(2)20-22-9-15-10-25(8-7-17(15)24-20)11-19-23-18(12-26-19)14-3-5-16(21)6-4-14/h3-6,9,12-13H,7-8,10-11H2,1-2H3. The number of hydrogen-bond donors (Lipinski definition) is 0. The molecule has 0 amide bonds. The van der Waals surface area contributed by atoms with Gasteiger partial charge in [-0.2, -0.15) is 0 Å². The first-order valence-electron chi connectivity index (χ1n) is 8.86. The quantitative estimate of drug-likeness (QED) is 0.684. The van der Waals surface area contributed by atoms with Gasteiger partial charge in [-0.25, -0.2) is 19.3 Å². The highest BCUT2D eigenvalue weighted by Gasteiger charge is 2.20. The van der Waals surface area contributed by atoms with Crippen LogP contribution in [0.3, 0.4) is 0 Å². The van der Waals surface area contributed by atoms with Gasteiger partial charge in [0.15, 0.2) is 0 Å². The summed E-state index contributed by atoms with van der Waals surface area (Å²) in [6.07, 6.45) is 2.93. The van der Waals surface area contributed by atoms with Crippen LogP contribution >= 0.6 is 11.3 Å². The summed E-state index contributed by atoms with van der Waals surface area (Å²) in [5, 5.41) is 3.12. The van der Waals surface area contributed by atoms with Crippen molar-refractivity contribution in [3.05, 3.63) is 63.7 Å². The Morgan fingerprint density at radius 3 is 2.77 bits per heavy atom. The zero-order valence-corrected chi connectivity index (χ0v) is 15.8. The largest absolute Gasteiger partial charge is 0.292 e. The molecule has 2 aromatic heterocycles. The van der Waals surface area contributed by atoms with E-state index in [1.807, 2.05) is 11.6 Å². The topological polar surface area (TPSA) is 41.9 Å². The molecule has 0 radical (unpaired) electrons. The van der Waals surface area contributed by atoms with Crippen LogP contribution in [0.2, 0.25) is 0 Å². The highest BCUT2D eigenvalue weighted by Crippen LogP contribution is 2.25. The van der Waals surface area contributed by atoms with Crippen LogP contribution in [0.4, 0.5) is 4.39 Å². The van der Waals surface area contributed by atoms with Gasteiger partial charge in [-0.05, 0) is 24.3 Å². The second kappa shape index (κ2) is 7.21. The molecular formula is C20H21FN4S. The normalized spacial score (nSPS) is 14.6. The van der Waals surface area contributed by atoms with Crippen molar-refractivity contribution in [3.8, 4) is 11.3 Å². The number of fused-ring (bicyclic) bond motifs is 1. The Hall–Kier alpha value is -2.18. The molecule has 0 N–H and O–H groups in total. The third kappa shape index (κ3) is 3.66. The number of halogens is 1. The molecule has 1 aromatic carbocycles. The molecule has 0 unspecified atom stereocenters. The van der Waals surface area contributed by atoms with Gasteiger partial charge in [0.25, 0.3) is 0 Å². The van der Waals surface area contributed by atoms with Crippen LogP contribution < -0.4 is 0 Å². The van der Waals surface area contributed by atoms with Gasteiger partial charge >= 0.3 is 0 Å². The summed E-state index contributed by atoms with van der Waals surface area (Å²) in [6, 6.07) is 6.49. The lowest BCUT2D eigenvalue weighted by molar-refractivity contribution is 0.242. The minimum atomic E-state index is -0.223. The van der Waals surface area contributed by atoms with Crippen LogP contribution in [0.25, 0.3) is 11.3 Å². The van der Waals surface area contributed by atoms with Crippen molar-refractivity contribution in [1.29, 1.82) is 0 Å². The number of thiazole rings is 1. The summed E-state index contributed by atoms with van der Waals surface area (Å²) in [7, 11) is 0. The Morgan fingerprint density at radius 2 is 2.00 bits per heavy atom. The number of benzene rings is 1. The Kier molecular flexibility index (Phi) is 4.78. The number of aromatic nitrogens is 3. The fourth-order valence-corrected chi connectivity index (χ4v) is 3.98. The van der Waals surface area contributed by atoms with Crippen LogP contribution in [0.15, 0.2) is 35.8 Å². The lowest BCUT2D eigenvalue weighted by atomic mass is 10.1. The molecule has 3 aromatic rings. The van der Waals surface area contributed by atoms with Gasteiger partial charge in [0, 0.05) is 53.8 Å². The van der Waals surface area contributed by atoms with Gasteiger partial charge in [0.05, 0.1) is 12.2 Å². The van der Waals surface area contributed by atoms with Gasteiger partial charge in [-0.1, -0.05) is 13.8 Å². The molecule has 0 bridgehead atoms. The van der Waals surface area contributed by atoms with Crippen molar-refractivity contribution in [2.24, 2.45) is 0 Å². The number of rotatable bonds is 4. The third-order valence-electron chi connectivity index (χ3n) is 4.60. The van der Waals surface area contributed by atoms with E-state index in [-0.39, 0.29) is 5.82 Å². The van der Waals surface area contributed by atoms with E-state index in [9.17, 15) is 4.39 Å². The van der Waals surface area contributed by atoms with Crippen molar-refractivity contribution in [1.82, 2.24) is 19.9 Å². The summed E-state index contributed by atoms with van der Waals surface area (Å²) in [5.74, 6) is 1.07. The van der Waals surface area contributed by atoms with E-state index in [0.717, 1.165) is 48.1 Å². The lowest BCUT2D eigenvalue weighted by Crippen LogP contribution is -2.31. The van der Waals surface area contributed by atoms with Crippen molar-refractivity contribution in [2.75, 3.05) is 6.54 Å². The van der Waals surface area contributed by atoms with Crippen LogP contribution in [0.5, 0.6) is 0 Å². The molecule has 0 saturated carbocycles. The predicted molar refractivity (Wildman–Crippen MR) is 101 cm³/mol. The SMILES string of the molecule is CC(C)c1ncc2c(n1)CCN(Cc1nc(-c3ccc(F)cc3)cs1)C2. The lowest BCUT2D eigenvalue weighted by Gasteiger charge is -2.27. The van der Waals surface area contributed by atoms with Crippen LogP contribution in [0.1, 0.15) is 41.9 Å². The van der Waals surface area contributed by atoms with E-state index >= 15 is 0 Å². The summed E-state index contributed by atoms with van der Waals surface area (Å²) < 4.78 is 13.1. The van der Waals surface area contributed by atoms with Crippen molar-refractivity contribution < 1.29 is 4.39 Å². The predicted octanol–water partition coefficient (Wildman–Crippen LogP) is 4.42. The fraction of sp³-hybridized carbons (Fsp3) is 0.350. The summed E-state index contributed by atoms with van der Waals surface area (Å²) >= 11 is 1.65. The van der Waals surface area contributed by atoms with Gasteiger partial charge in [0.2, 0.25) is 0 Å². The van der Waals surface area contributed by atoms with E-state index in [0.29, 0.717) is 5.92 Å². The zero-order valence-electron chi connectivity index (χ0n) is 14.9. The molecule has 26 heavy (non-hydrogen) atoms. The molecule has 1 aliphatic heterocycles. The van der Waals surface area contributed by atoms with Crippen molar-refractivity contribution in [2.45, 2.75) is 39.3 Å². The van der Waals surface area contributed by atoms with E-state index in [1.165, 1.54) is 23.4 Å². The molecule has 0 saturated heterocycles. The Balaban J connectivity index is 1.45. The maximum Gasteiger partial charge on any atom is 0.131 e. The average molecular weight is 368 g/mol. The minimum absolute atomic E-state index is 0.223. The summed E-state index contributed by atoms with van der Waals surface area (Å²) in [6.45, 7) is 6.90. The first-order valence-corrected chi connectivity index (χ1v) is 9.74. The molecule has 3 heterocycles. The Morgan fingerprint density at radius 1 is 1.19 bits per heavy atom. The summed E-state index contributed by atoms with van der Waals surface area (Å²) in [5.41, 5.74) is 4.27. The van der Waals surface area contributed by atoms with E-state index in [1.54, 1.807) is 23.5 Å². The van der Waals surface area contributed by atoms with Crippen LogP contribution in [-0.2, 0) is 19.5 Å². The van der Waals surface area contributed by atoms with E-state index in [2.05, 4.69) is 23.7 Å². The van der Waals surface area contributed by atoms with Gasteiger partial charge in [0.1, 0.15) is 16.6 Å². The molecule has 0 spiro atoms. The molecule has 1 aliphatic rings. The van der Waals surface area contributed by atoms with E-state index < -0.39 is 0 Å². The van der Waals surface area contributed by atoms with Crippen LogP contribution in [-0.4, -0.2) is 26.4 Å². The second-order valence-corrected chi connectivity index (χ2v) is 7.89. The molecular weight excluding hydrogens is 347 g/mol. The molecule has 4 nitrogen and oxygen atoms in total. The molecule has 0 aliphatic carbocycles. The fourth-order valence-electron chi connectivity index (χ4n) is 3.13. The zero-order chi connectivity index (χ0) is 18.1. The van der Waals surface area contributed by atoms with Gasteiger partial charge < -0.3 is 0 Å². The highest BCUT2D eigenvalue weighted by molar-refractivity contribution is 7.09. The van der Waals surface area contributed by atoms with Crippen molar-refractivity contribution >= 4 is 11.3 Å². The van der Waals surface area contributed by atoms with Gasteiger partial charge in [-0.15, -0.1) is 11.3 Å². The maximum atomic E-state index is 13.1. The Bertz CT molecular complexity index is 904. The monoisotopic (exact) mass is 368 g/mol. The third-order valence-corrected chi connectivity index (χ3v) is 5.43. The first-order chi connectivity index (χ1) is 12.6. The molecule has 0 atom stereocenters. The average Bonchev–Trinajstić information content (AvgIpc) is 3.10. The smallest absolute Gasteiger partial charge is 0.131 e. The first kappa shape index (κ1) is 17.2. The van der Waals surface area contributed by atoms with Crippen LogP contribution in [0, 0.1) is 5.82 Å². The minimum Gasteiger partial charge on any atom is -0.292 e. The Labute approximate surface area is 156 Å². The molecule has 134 valence electrons. The maximum absolute atomic E-state index is 13.1. The highest BCUT2D eigenvalue weighted by atomic mass is 32.1.